The highest BCUT2D eigenvalue weighted by Crippen LogP contribution is 2.53. The van der Waals surface area contributed by atoms with Gasteiger partial charge in [-0.25, -0.2) is 0 Å². The number of amides is 1. The average molecular weight is 290 g/mol. The SMILES string of the molecule is O=C(CNc1nnc(C2CCC2)o1)N1CCC2(CC1)CC2. The first kappa shape index (κ1) is 13.1. The molecule has 0 atom stereocenters. The van der Waals surface area contributed by atoms with Gasteiger partial charge in [0.15, 0.2) is 0 Å². The van der Waals surface area contributed by atoms with Gasteiger partial charge in [0.1, 0.15) is 0 Å². The van der Waals surface area contributed by atoms with Crippen LogP contribution in [0.1, 0.15) is 56.8 Å². The monoisotopic (exact) mass is 290 g/mol. The first-order valence-corrected chi connectivity index (χ1v) is 8.09. The lowest BCUT2D eigenvalue weighted by Gasteiger charge is -2.32. The van der Waals surface area contributed by atoms with Gasteiger partial charge < -0.3 is 14.6 Å². The van der Waals surface area contributed by atoms with Crippen molar-refractivity contribution in [2.24, 2.45) is 5.41 Å². The van der Waals surface area contributed by atoms with Gasteiger partial charge >= 0.3 is 6.01 Å². The molecule has 2 heterocycles. The topological polar surface area (TPSA) is 71.3 Å². The van der Waals surface area contributed by atoms with Crippen LogP contribution in [0.4, 0.5) is 6.01 Å². The Kier molecular flexibility index (Phi) is 3.12. The lowest BCUT2D eigenvalue weighted by molar-refractivity contribution is -0.130. The van der Waals surface area contributed by atoms with Crippen molar-refractivity contribution in [3.05, 3.63) is 5.89 Å². The molecule has 3 fully saturated rings. The molecule has 6 nitrogen and oxygen atoms in total. The molecule has 0 aromatic carbocycles. The van der Waals surface area contributed by atoms with Gasteiger partial charge in [0.25, 0.3) is 0 Å². The summed E-state index contributed by atoms with van der Waals surface area (Å²) in [6.45, 7) is 2.05. The van der Waals surface area contributed by atoms with Crippen molar-refractivity contribution in [2.75, 3.05) is 25.0 Å². The van der Waals surface area contributed by atoms with Crippen LogP contribution in [-0.4, -0.2) is 40.6 Å². The Hall–Kier alpha value is -1.59. The highest BCUT2D eigenvalue weighted by Gasteiger charge is 2.44. The van der Waals surface area contributed by atoms with Crippen LogP contribution < -0.4 is 5.32 Å². The molecule has 21 heavy (non-hydrogen) atoms. The van der Waals surface area contributed by atoms with Gasteiger partial charge in [-0.2, -0.15) is 0 Å². The molecular formula is C15H22N4O2. The van der Waals surface area contributed by atoms with Crippen molar-refractivity contribution in [1.29, 1.82) is 0 Å². The van der Waals surface area contributed by atoms with Gasteiger partial charge in [0, 0.05) is 19.0 Å². The largest absolute Gasteiger partial charge is 0.408 e. The number of hydrogen-bond donors (Lipinski definition) is 1. The van der Waals surface area contributed by atoms with E-state index in [4.69, 9.17) is 4.42 Å². The zero-order chi connectivity index (χ0) is 14.3. The zero-order valence-corrected chi connectivity index (χ0v) is 12.3. The quantitative estimate of drug-likeness (QED) is 0.920. The van der Waals surface area contributed by atoms with Crippen molar-refractivity contribution in [1.82, 2.24) is 15.1 Å². The minimum Gasteiger partial charge on any atom is -0.408 e. The van der Waals surface area contributed by atoms with Gasteiger partial charge in [-0.05, 0) is 43.9 Å². The van der Waals surface area contributed by atoms with Gasteiger partial charge in [-0.15, -0.1) is 5.10 Å². The summed E-state index contributed by atoms with van der Waals surface area (Å²) in [5, 5.41) is 11.0. The first-order chi connectivity index (χ1) is 10.2. The number of hydrogen-bond acceptors (Lipinski definition) is 5. The fraction of sp³-hybridized carbons (Fsp3) is 0.800. The third kappa shape index (κ3) is 2.63. The van der Waals surface area contributed by atoms with Gasteiger partial charge in [0.05, 0.1) is 6.54 Å². The summed E-state index contributed by atoms with van der Waals surface area (Å²) in [6.07, 6.45) is 8.57. The maximum Gasteiger partial charge on any atom is 0.315 e. The number of rotatable bonds is 4. The van der Waals surface area contributed by atoms with Gasteiger partial charge in [-0.3, -0.25) is 4.79 Å². The third-order valence-corrected chi connectivity index (χ3v) is 5.42. The Morgan fingerprint density at radius 1 is 1.24 bits per heavy atom. The summed E-state index contributed by atoms with van der Waals surface area (Å²) in [5.41, 5.74) is 0.606. The van der Waals surface area contributed by atoms with E-state index in [1.807, 2.05) is 4.90 Å². The lowest BCUT2D eigenvalue weighted by Crippen LogP contribution is -2.41. The second-order valence-corrected chi connectivity index (χ2v) is 6.81. The van der Waals surface area contributed by atoms with Crippen LogP contribution in [0.25, 0.3) is 0 Å². The Labute approximate surface area is 124 Å². The maximum absolute atomic E-state index is 12.2. The van der Waals surface area contributed by atoms with Crippen molar-refractivity contribution < 1.29 is 9.21 Å². The first-order valence-electron chi connectivity index (χ1n) is 8.09. The Balaban J connectivity index is 1.26. The van der Waals surface area contributed by atoms with Crippen LogP contribution in [0, 0.1) is 5.41 Å². The molecule has 1 saturated heterocycles. The van der Waals surface area contributed by atoms with E-state index < -0.39 is 0 Å². The van der Waals surface area contributed by atoms with Crippen molar-refractivity contribution in [2.45, 2.75) is 50.9 Å². The Bertz CT molecular complexity index is 524. The van der Waals surface area contributed by atoms with E-state index in [1.54, 1.807) is 0 Å². The number of aromatic nitrogens is 2. The van der Waals surface area contributed by atoms with Crippen LogP contribution in [0.15, 0.2) is 4.42 Å². The normalized spacial score (nSPS) is 23.9. The molecular weight excluding hydrogens is 268 g/mol. The molecule has 114 valence electrons. The van der Waals surface area contributed by atoms with Crippen molar-refractivity contribution in [3.8, 4) is 0 Å². The predicted molar refractivity (Wildman–Crippen MR) is 76.9 cm³/mol. The summed E-state index contributed by atoms with van der Waals surface area (Å²) in [7, 11) is 0. The molecule has 2 aliphatic carbocycles. The highest BCUT2D eigenvalue weighted by molar-refractivity contribution is 5.80. The summed E-state index contributed by atoms with van der Waals surface area (Å²) in [4.78, 5) is 14.1. The van der Waals surface area contributed by atoms with Crippen LogP contribution in [0.5, 0.6) is 0 Å². The molecule has 1 aromatic rings. The minimum atomic E-state index is 0.133. The van der Waals surface area contributed by atoms with Gasteiger partial charge in [-0.1, -0.05) is 11.5 Å². The van der Waals surface area contributed by atoms with Crippen LogP contribution >= 0.6 is 0 Å². The fourth-order valence-electron chi connectivity index (χ4n) is 3.30. The molecule has 1 amide bonds. The summed E-state index contributed by atoms with van der Waals surface area (Å²) in [5.74, 6) is 1.28. The predicted octanol–water partition coefficient (Wildman–Crippen LogP) is 2.15. The number of carbonyl (C=O) groups excluding carboxylic acids is 1. The summed E-state index contributed by atoms with van der Waals surface area (Å²) >= 11 is 0. The standard InChI is InChI=1S/C15H22N4O2/c20-12(19-8-6-15(4-5-15)7-9-19)10-16-14-18-17-13(21-14)11-2-1-3-11/h11H,1-10H2,(H,16,18). The molecule has 4 rings (SSSR count). The molecule has 1 spiro atoms. The second-order valence-electron chi connectivity index (χ2n) is 6.81. The van der Waals surface area contributed by atoms with E-state index in [2.05, 4.69) is 15.5 Å². The molecule has 0 unspecified atom stereocenters. The van der Waals surface area contributed by atoms with Gasteiger partial charge in [0.2, 0.25) is 11.8 Å². The molecule has 1 aliphatic heterocycles. The van der Waals surface area contributed by atoms with E-state index in [1.165, 1.54) is 32.1 Å². The molecule has 1 N–H and O–H groups in total. The zero-order valence-electron chi connectivity index (χ0n) is 12.3. The lowest BCUT2D eigenvalue weighted by atomic mass is 9.85. The number of nitrogens with one attached hydrogen (secondary N) is 1. The fourth-order valence-corrected chi connectivity index (χ4v) is 3.30. The maximum atomic E-state index is 12.2. The van der Waals surface area contributed by atoms with Crippen LogP contribution in [-0.2, 0) is 4.79 Å². The molecule has 0 radical (unpaired) electrons. The number of likely N-dealkylation sites (tertiary alicyclic amines) is 1. The minimum absolute atomic E-state index is 0.133. The Morgan fingerprint density at radius 2 is 2.00 bits per heavy atom. The van der Waals surface area contributed by atoms with E-state index >= 15 is 0 Å². The average Bonchev–Trinajstić information content (AvgIpc) is 3.03. The van der Waals surface area contributed by atoms with Crippen molar-refractivity contribution >= 4 is 11.9 Å². The highest BCUT2D eigenvalue weighted by atomic mass is 16.4. The van der Waals surface area contributed by atoms with E-state index in [0.717, 1.165) is 25.9 Å². The number of anilines is 1. The second kappa shape index (κ2) is 5.00. The number of nitrogens with zero attached hydrogens (tertiary/aromatic N) is 3. The van der Waals surface area contributed by atoms with Crippen LogP contribution in [0.3, 0.4) is 0 Å². The summed E-state index contributed by atoms with van der Waals surface area (Å²) in [6, 6.07) is 0.376. The molecule has 3 aliphatic rings. The van der Waals surface area contributed by atoms with Crippen LogP contribution in [0.2, 0.25) is 0 Å². The van der Waals surface area contributed by atoms with E-state index in [9.17, 15) is 4.79 Å². The van der Waals surface area contributed by atoms with E-state index in [-0.39, 0.29) is 12.5 Å². The smallest absolute Gasteiger partial charge is 0.315 e. The molecule has 6 heteroatoms. The molecule has 2 saturated carbocycles. The Morgan fingerprint density at radius 3 is 2.62 bits per heavy atom. The summed E-state index contributed by atoms with van der Waals surface area (Å²) < 4.78 is 5.56. The number of piperidine rings is 1. The van der Waals surface area contributed by atoms with Crippen molar-refractivity contribution in [3.63, 3.8) is 0 Å². The van der Waals surface area contributed by atoms with E-state index in [0.29, 0.717) is 23.2 Å². The molecule has 1 aromatic heterocycles. The molecule has 0 bridgehead atoms. The third-order valence-electron chi connectivity index (χ3n) is 5.42. The number of carbonyl (C=O) groups is 1.